The van der Waals surface area contributed by atoms with Crippen LogP contribution < -0.4 is 10.6 Å². The molecule has 0 radical (unpaired) electrons. The fourth-order valence-electron chi connectivity index (χ4n) is 1.51. The van der Waals surface area contributed by atoms with E-state index in [1.807, 2.05) is 19.2 Å². The van der Waals surface area contributed by atoms with E-state index in [1.165, 1.54) is 0 Å². The van der Waals surface area contributed by atoms with Gasteiger partial charge in [0.1, 0.15) is 17.5 Å². The molecule has 19 heavy (non-hydrogen) atoms. The summed E-state index contributed by atoms with van der Waals surface area (Å²) < 4.78 is 5.04. The maximum Gasteiger partial charge on any atom is 0.155 e. The van der Waals surface area contributed by atoms with E-state index in [0.29, 0.717) is 6.54 Å². The van der Waals surface area contributed by atoms with E-state index in [1.54, 1.807) is 6.20 Å². The molecule has 2 heterocycles. The predicted octanol–water partition coefficient (Wildman–Crippen LogP) is 2.42. The number of aromatic nitrogens is 3. The molecule has 6 nitrogen and oxygen atoms in total. The van der Waals surface area contributed by atoms with Gasteiger partial charge in [-0.1, -0.05) is 25.9 Å². The number of anilines is 2. The standard InChI is InChI=1S/C13H19N5O/c1-13(2,3)12-17-10(14-4)7-11(18-12)15-8-9-5-6-16-19-9/h5-7H,8H2,1-4H3,(H2,14,15,17,18). The lowest BCUT2D eigenvalue weighted by Gasteiger charge is -2.18. The van der Waals surface area contributed by atoms with Crippen LogP contribution in [0.2, 0.25) is 0 Å². The Morgan fingerprint density at radius 3 is 2.53 bits per heavy atom. The van der Waals surface area contributed by atoms with Gasteiger partial charge >= 0.3 is 0 Å². The van der Waals surface area contributed by atoms with Crippen LogP contribution in [0.1, 0.15) is 32.4 Å². The van der Waals surface area contributed by atoms with E-state index in [2.05, 4.69) is 46.5 Å². The lowest BCUT2D eigenvalue weighted by atomic mass is 9.96. The van der Waals surface area contributed by atoms with Crippen LogP contribution >= 0.6 is 0 Å². The highest BCUT2D eigenvalue weighted by Gasteiger charge is 2.19. The van der Waals surface area contributed by atoms with E-state index >= 15 is 0 Å². The Kier molecular flexibility index (Phi) is 3.69. The minimum absolute atomic E-state index is 0.102. The van der Waals surface area contributed by atoms with Gasteiger partial charge in [0.15, 0.2) is 5.76 Å². The van der Waals surface area contributed by atoms with Crippen LogP contribution in [0.3, 0.4) is 0 Å². The van der Waals surface area contributed by atoms with Crippen molar-refractivity contribution in [3.8, 4) is 0 Å². The molecule has 102 valence electrons. The fraction of sp³-hybridized carbons (Fsp3) is 0.462. The van der Waals surface area contributed by atoms with Crippen LogP contribution in [0.5, 0.6) is 0 Å². The van der Waals surface area contributed by atoms with E-state index < -0.39 is 0 Å². The highest BCUT2D eigenvalue weighted by atomic mass is 16.5. The molecule has 0 bridgehead atoms. The zero-order valence-electron chi connectivity index (χ0n) is 11.7. The quantitative estimate of drug-likeness (QED) is 0.880. The first-order valence-corrected chi connectivity index (χ1v) is 6.20. The number of hydrogen-bond donors (Lipinski definition) is 2. The first-order valence-electron chi connectivity index (χ1n) is 6.20. The van der Waals surface area contributed by atoms with Crippen molar-refractivity contribution in [2.75, 3.05) is 17.7 Å². The number of nitrogens with one attached hydrogen (secondary N) is 2. The summed E-state index contributed by atoms with van der Waals surface area (Å²) in [5.74, 6) is 3.11. The van der Waals surface area contributed by atoms with E-state index in [9.17, 15) is 0 Å². The summed E-state index contributed by atoms with van der Waals surface area (Å²) in [6, 6.07) is 3.68. The molecule has 0 unspecified atom stereocenters. The summed E-state index contributed by atoms with van der Waals surface area (Å²) in [6.07, 6.45) is 1.62. The van der Waals surface area contributed by atoms with E-state index in [4.69, 9.17) is 4.52 Å². The molecule has 0 fully saturated rings. The maximum atomic E-state index is 5.04. The van der Waals surface area contributed by atoms with Crippen LogP contribution in [0, 0.1) is 0 Å². The third-order valence-corrected chi connectivity index (χ3v) is 2.59. The average Bonchev–Trinajstić information content (AvgIpc) is 2.88. The molecule has 2 N–H and O–H groups in total. The van der Waals surface area contributed by atoms with Crippen molar-refractivity contribution in [2.45, 2.75) is 32.7 Å². The zero-order chi connectivity index (χ0) is 13.9. The molecule has 0 aliphatic heterocycles. The summed E-state index contributed by atoms with van der Waals surface area (Å²) in [6.45, 7) is 6.80. The lowest BCUT2D eigenvalue weighted by Crippen LogP contribution is -2.18. The van der Waals surface area contributed by atoms with Gasteiger partial charge in [-0.2, -0.15) is 0 Å². The molecule has 6 heteroatoms. The number of rotatable bonds is 4. The monoisotopic (exact) mass is 261 g/mol. The zero-order valence-corrected chi connectivity index (χ0v) is 11.7. The normalized spacial score (nSPS) is 11.4. The average molecular weight is 261 g/mol. The fourth-order valence-corrected chi connectivity index (χ4v) is 1.51. The van der Waals surface area contributed by atoms with Gasteiger partial charge in [0.05, 0.1) is 12.7 Å². The molecule has 0 atom stereocenters. The second-order valence-corrected chi connectivity index (χ2v) is 5.29. The molecule has 0 saturated carbocycles. The molecule has 0 aromatic carbocycles. The molecule has 0 aliphatic carbocycles. The van der Waals surface area contributed by atoms with Crippen molar-refractivity contribution < 1.29 is 4.52 Å². The van der Waals surface area contributed by atoms with Gasteiger partial charge in [-0.15, -0.1) is 0 Å². The van der Waals surface area contributed by atoms with E-state index in [-0.39, 0.29) is 5.41 Å². The van der Waals surface area contributed by atoms with E-state index in [0.717, 1.165) is 23.2 Å². The largest absolute Gasteiger partial charge is 0.373 e. The van der Waals surface area contributed by atoms with Crippen molar-refractivity contribution in [2.24, 2.45) is 0 Å². The van der Waals surface area contributed by atoms with Gasteiger partial charge in [-0.25, -0.2) is 9.97 Å². The maximum absolute atomic E-state index is 5.04. The summed E-state index contributed by atoms with van der Waals surface area (Å²) in [7, 11) is 1.84. The summed E-state index contributed by atoms with van der Waals surface area (Å²) in [5, 5.41) is 9.92. The van der Waals surface area contributed by atoms with Crippen molar-refractivity contribution >= 4 is 11.6 Å². The highest BCUT2D eigenvalue weighted by Crippen LogP contribution is 2.22. The van der Waals surface area contributed by atoms with Crippen LogP contribution in [-0.4, -0.2) is 22.2 Å². The van der Waals surface area contributed by atoms with Gasteiger partial charge in [0.2, 0.25) is 0 Å². The van der Waals surface area contributed by atoms with Crippen LogP contribution in [-0.2, 0) is 12.0 Å². The molecule has 0 saturated heterocycles. The van der Waals surface area contributed by atoms with Gasteiger partial charge in [0, 0.05) is 24.6 Å². The lowest BCUT2D eigenvalue weighted by molar-refractivity contribution is 0.388. The minimum Gasteiger partial charge on any atom is -0.373 e. The van der Waals surface area contributed by atoms with Crippen molar-refractivity contribution in [1.29, 1.82) is 0 Å². The molecular formula is C13H19N5O. The number of hydrogen-bond acceptors (Lipinski definition) is 6. The number of nitrogens with zero attached hydrogens (tertiary/aromatic N) is 3. The Morgan fingerprint density at radius 1 is 1.21 bits per heavy atom. The second-order valence-electron chi connectivity index (χ2n) is 5.29. The summed E-state index contributed by atoms with van der Waals surface area (Å²) >= 11 is 0. The Hall–Kier alpha value is -2.11. The Bertz CT molecular complexity index is 530. The molecule has 0 amide bonds. The molecular weight excluding hydrogens is 242 g/mol. The molecule has 2 rings (SSSR count). The molecule has 2 aromatic rings. The Balaban J connectivity index is 2.19. The van der Waals surface area contributed by atoms with Gasteiger partial charge < -0.3 is 15.2 Å². The van der Waals surface area contributed by atoms with Gasteiger partial charge in [-0.05, 0) is 0 Å². The first-order chi connectivity index (χ1) is 8.99. The Morgan fingerprint density at radius 2 is 1.95 bits per heavy atom. The first kappa shape index (κ1) is 13.3. The summed E-state index contributed by atoms with van der Waals surface area (Å²) in [5.41, 5.74) is -0.102. The van der Waals surface area contributed by atoms with Crippen LogP contribution in [0.4, 0.5) is 11.6 Å². The third kappa shape index (κ3) is 3.43. The molecule has 2 aromatic heterocycles. The Labute approximate surface area is 112 Å². The molecule has 0 aliphatic rings. The van der Waals surface area contributed by atoms with Gasteiger partial charge in [0.25, 0.3) is 0 Å². The highest BCUT2D eigenvalue weighted by molar-refractivity contribution is 5.47. The van der Waals surface area contributed by atoms with Crippen LogP contribution in [0.25, 0.3) is 0 Å². The van der Waals surface area contributed by atoms with Crippen molar-refractivity contribution in [3.05, 3.63) is 29.9 Å². The van der Waals surface area contributed by atoms with Gasteiger partial charge in [-0.3, -0.25) is 0 Å². The minimum atomic E-state index is -0.102. The topological polar surface area (TPSA) is 75.9 Å². The van der Waals surface area contributed by atoms with Crippen LogP contribution in [0.15, 0.2) is 22.9 Å². The summed E-state index contributed by atoms with van der Waals surface area (Å²) in [4.78, 5) is 9.00. The predicted molar refractivity (Wildman–Crippen MR) is 74.1 cm³/mol. The van der Waals surface area contributed by atoms with Crippen molar-refractivity contribution in [3.63, 3.8) is 0 Å². The molecule has 0 spiro atoms. The third-order valence-electron chi connectivity index (χ3n) is 2.59. The smallest absolute Gasteiger partial charge is 0.155 e. The SMILES string of the molecule is CNc1cc(NCc2ccno2)nc(C(C)(C)C)n1. The van der Waals surface area contributed by atoms with Crippen molar-refractivity contribution in [1.82, 2.24) is 15.1 Å². The second kappa shape index (κ2) is 5.26.